The van der Waals surface area contributed by atoms with Crippen LogP contribution in [0, 0.1) is 6.92 Å². The Balaban J connectivity index is 2.02. The molecule has 0 aliphatic carbocycles. The third-order valence-electron chi connectivity index (χ3n) is 3.51. The highest BCUT2D eigenvalue weighted by Gasteiger charge is 2.18. The lowest BCUT2D eigenvalue weighted by Gasteiger charge is -2.20. The van der Waals surface area contributed by atoms with Gasteiger partial charge in [-0.05, 0) is 33.8 Å². The molecule has 2 heterocycles. The molecule has 0 spiro atoms. The fraction of sp³-hybridized carbons (Fsp3) is 0.353. The molecule has 1 aromatic carbocycles. The van der Waals surface area contributed by atoms with Gasteiger partial charge in [0.2, 0.25) is 0 Å². The predicted molar refractivity (Wildman–Crippen MR) is 94.2 cm³/mol. The first-order valence-electron chi connectivity index (χ1n) is 7.64. The molecule has 7 heteroatoms. The van der Waals surface area contributed by atoms with Gasteiger partial charge >= 0.3 is 6.09 Å². The van der Waals surface area contributed by atoms with Crippen molar-refractivity contribution in [2.45, 2.75) is 40.0 Å². The number of halogens is 1. The Kier molecular flexibility index (Phi) is 4.09. The zero-order valence-electron chi connectivity index (χ0n) is 14.1. The number of ether oxygens (including phenoxy) is 1. The van der Waals surface area contributed by atoms with E-state index in [2.05, 4.69) is 15.3 Å². The summed E-state index contributed by atoms with van der Waals surface area (Å²) in [6, 6.07) is 7.70. The summed E-state index contributed by atoms with van der Waals surface area (Å²) in [5.74, 6) is 0.737. The van der Waals surface area contributed by atoms with Crippen LogP contribution in [0.5, 0.6) is 0 Å². The molecule has 3 aromatic rings. The topological polar surface area (TPSA) is 69.0 Å². The molecule has 0 aliphatic heterocycles. The summed E-state index contributed by atoms with van der Waals surface area (Å²) in [6.07, 6.45) is -0.479. The molecule has 0 fully saturated rings. The number of hydrogen-bond donors (Lipinski definition) is 1. The highest BCUT2D eigenvalue weighted by molar-refractivity contribution is 6.35. The monoisotopic (exact) mass is 346 g/mol. The van der Waals surface area contributed by atoms with Crippen molar-refractivity contribution in [1.82, 2.24) is 19.9 Å². The molecule has 0 atom stereocenters. The number of hydrogen-bond acceptors (Lipinski definition) is 4. The molecule has 3 rings (SSSR count). The maximum atomic E-state index is 11.9. The number of amides is 1. The highest BCUT2D eigenvalue weighted by atomic mass is 35.5. The van der Waals surface area contributed by atoms with Crippen molar-refractivity contribution in [3.05, 3.63) is 35.2 Å². The van der Waals surface area contributed by atoms with Crippen molar-refractivity contribution in [3.8, 4) is 0 Å². The average molecular weight is 347 g/mol. The van der Waals surface area contributed by atoms with E-state index in [-0.39, 0.29) is 6.67 Å². The van der Waals surface area contributed by atoms with Crippen molar-refractivity contribution in [2.24, 2.45) is 0 Å². The molecule has 1 N–H and O–H groups in total. The molecule has 0 radical (unpaired) electrons. The van der Waals surface area contributed by atoms with Crippen molar-refractivity contribution in [3.63, 3.8) is 0 Å². The first kappa shape index (κ1) is 16.5. The van der Waals surface area contributed by atoms with Gasteiger partial charge in [0.15, 0.2) is 5.15 Å². The number of carbonyl (C=O) groups excluding carboxylic acids is 1. The van der Waals surface area contributed by atoms with E-state index in [0.717, 1.165) is 22.2 Å². The normalized spacial score (nSPS) is 11.9. The number of carbonyl (C=O) groups is 1. The first-order valence-corrected chi connectivity index (χ1v) is 8.02. The summed E-state index contributed by atoms with van der Waals surface area (Å²) >= 11 is 6.27. The number of imidazole rings is 1. The van der Waals surface area contributed by atoms with Gasteiger partial charge in [-0.1, -0.05) is 29.8 Å². The maximum Gasteiger partial charge on any atom is 0.409 e. The average Bonchev–Trinajstić information content (AvgIpc) is 2.81. The van der Waals surface area contributed by atoms with E-state index in [1.165, 1.54) is 0 Å². The largest absolute Gasteiger partial charge is 0.444 e. The van der Waals surface area contributed by atoms with Crippen molar-refractivity contribution < 1.29 is 9.53 Å². The van der Waals surface area contributed by atoms with E-state index in [4.69, 9.17) is 16.3 Å². The molecule has 0 aliphatic rings. The summed E-state index contributed by atoms with van der Waals surface area (Å²) in [4.78, 5) is 20.8. The maximum absolute atomic E-state index is 11.9. The number of pyridine rings is 1. The Hall–Kier alpha value is -2.34. The number of alkyl carbamates (subject to hydrolysis) is 1. The van der Waals surface area contributed by atoms with Gasteiger partial charge < -0.3 is 14.6 Å². The van der Waals surface area contributed by atoms with Gasteiger partial charge in [0.1, 0.15) is 16.9 Å². The van der Waals surface area contributed by atoms with Crippen molar-refractivity contribution in [1.29, 1.82) is 0 Å². The summed E-state index contributed by atoms with van der Waals surface area (Å²) in [7, 11) is 0. The van der Waals surface area contributed by atoms with Crippen LogP contribution < -0.4 is 5.32 Å². The lowest BCUT2D eigenvalue weighted by atomic mass is 10.2. The quantitative estimate of drug-likeness (QED) is 0.711. The van der Waals surface area contributed by atoms with Gasteiger partial charge in [-0.25, -0.2) is 14.8 Å². The van der Waals surface area contributed by atoms with Crippen LogP contribution >= 0.6 is 11.6 Å². The fourth-order valence-corrected chi connectivity index (χ4v) is 2.79. The van der Waals surface area contributed by atoms with Gasteiger partial charge in [-0.2, -0.15) is 0 Å². The lowest BCUT2D eigenvalue weighted by Crippen LogP contribution is -2.33. The predicted octanol–water partition coefficient (Wildman–Crippen LogP) is 4.03. The molecule has 0 saturated carbocycles. The fourth-order valence-electron chi connectivity index (χ4n) is 2.56. The second-order valence-corrected chi connectivity index (χ2v) is 6.90. The number of fused-ring (bicyclic) bond motifs is 3. The Labute approximate surface area is 144 Å². The second kappa shape index (κ2) is 5.94. The molecule has 1 amide bonds. The van der Waals surface area contributed by atoms with Crippen LogP contribution in [0.1, 0.15) is 26.6 Å². The number of aryl methyl sites for hydroxylation is 1. The number of rotatable bonds is 2. The van der Waals surface area contributed by atoms with Crippen LogP contribution in [0.15, 0.2) is 24.3 Å². The van der Waals surface area contributed by atoms with E-state index in [9.17, 15) is 4.79 Å². The van der Waals surface area contributed by atoms with Gasteiger partial charge in [-0.3, -0.25) is 0 Å². The Morgan fingerprint density at radius 1 is 1.29 bits per heavy atom. The number of aromatic nitrogens is 3. The SMILES string of the molecule is Cc1nc2c(Cl)nc3ccccc3c2n1CNC(=O)OC(C)(C)C. The minimum Gasteiger partial charge on any atom is -0.444 e. The summed E-state index contributed by atoms with van der Waals surface area (Å²) in [6.45, 7) is 7.57. The summed E-state index contributed by atoms with van der Waals surface area (Å²) in [5.41, 5.74) is 1.71. The minimum absolute atomic E-state index is 0.238. The number of benzene rings is 1. The zero-order chi connectivity index (χ0) is 17.5. The molecular weight excluding hydrogens is 328 g/mol. The summed E-state index contributed by atoms with van der Waals surface area (Å²) < 4.78 is 7.17. The molecule has 0 unspecified atom stereocenters. The van der Waals surface area contributed by atoms with Gasteiger partial charge in [-0.15, -0.1) is 0 Å². The van der Waals surface area contributed by atoms with Crippen LogP contribution in [0.25, 0.3) is 21.9 Å². The van der Waals surface area contributed by atoms with Crippen LogP contribution in [0.3, 0.4) is 0 Å². The van der Waals surface area contributed by atoms with E-state index in [1.54, 1.807) is 0 Å². The minimum atomic E-state index is -0.546. The van der Waals surface area contributed by atoms with Crippen LogP contribution in [-0.4, -0.2) is 26.2 Å². The van der Waals surface area contributed by atoms with Crippen molar-refractivity contribution >= 4 is 39.6 Å². The number of nitrogens with one attached hydrogen (secondary N) is 1. The van der Waals surface area contributed by atoms with Crippen LogP contribution in [0.2, 0.25) is 5.15 Å². The second-order valence-electron chi connectivity index (χ2n) is 6.54. The molecule has 24 heavy (non-hydrogen) atoms. The van der Waals surface area contributed by atoms with Crippen LogP contribution in [-0.2, 0) is 11.4 Å². The number of para-hydroxylation sites is 1. The first-order chi connectivity index (χ1) is 11.3. The smallest absolute Gasteiger partial charge is 0.409 e. The Bertz CT molecular complexity index is 928. The van der Waals surface area contributed by atoms with Crippen LogP contribution in [0.4, 0.5) is 4.79 Å². The lowest BCUT2D eigenvalue weighted by molar-refractivity contribution is 0.0512. The Morgan fingerprint density at radius 2 is 2.00 bits per heavy atom. The zero-order valence-corrected chi connectivity index (χ0v) is 14.8. The molecule has 6 nitrogen and oxygen atoms in total. The molecule has 2 aromatic heterocycles. The van der Waals surface area contributed by atoms with Crippen molar-refractivity contribution in [2.75, 3.05) is 0 Å². The summed E-state index contributed by atoms with van der Waals surface area (Å²) in [5, 5.41) is 4.04. The van der Waals surface area contributed by atoms with E-state index >= 15 is 0 Å². The molecule has 0 bridgehead atoms. The number of nitrogens with zero attached hydrogens (tertiary/aromatic N) is 3. The molecule has 126 valence electrons. The molecule has 0 saturated heterocycles. The Morgan fingerprint density at radius 3 is 2.71 bits per heavy atom. The standard InChI is InChI=1S/C17H19ClN4O2/c1-10-20-13-14(11-7-5-6-8-12(11)21-15(13)18)22(10)9-19-16(23)24-17(2,3)4/h5-8H,9H2,1-4H3,(H,19,23). The molecular formula is C17H19ClN4O2. The van der Waals surface area contributed by atoms with E-state index in [1.807, 2.05) is 56.5 Å². The van der Waals surface area contributed by atoms with Gasteiger partial charge in [0, 0.05) is 5.39 Å². The van der Waals surface area contributed by atoms with Gasteiger partial charge in [0.05, 0.1) is 17.7 Å². The van der Waals surface area contributed by atoms with E-state index < -0.39 is 11.7 Å². The van der Waals surface area contributed by atoms with Gasteiger partial charge in [0.25, 0.3) is 0 Å². The third-order valence-corrected chi connectivity index (χ3v) is 3.78. The third kappa shape index (κ3) is 3.14. The van der Waals surface area contributed by atoms with E-state index in [0.29, 0.717) is 10.7 Å². The highest BCUT2D eigenvalue weighted by Crippen LogP contribution is 2.29.